The van der Waals surface area contributed by atoms with Gasteiger partial charge in [0.15, 0.2) is 5.17 Å². The molecule has 7 heteroatoms. The molecule has 1 unspecified atom stereocenters. The molecular weight excluding hydrogens is 410 g/mol. The van der Waals surface area contributed by atoms with Crippen LogP contribution in [0.1, 0.15) is 18.1 Å². The summed E-state index contributed by atoms with van der Waals surface area (Å²) in [5, 5.41) is 11.3. The number of nitrogens with zero attached hydrogens (tertiary/aromatic N) is 3. The molecular formula is C24H23N3O3S. The third kappa shape index (κ3) is 4.41. The van der Waals surface area contributed by atoms with Gasteiger partial charge in [0.05, 0.1) is 32.2 Å². The van der Waals surface area contributed by atoms with Crippen LogP contribution in [0.5, 0.6) is 11.5 Å². The normalized spacial score (nSPS) is 17.8. The Hall–Kier alpha value is -3.32. The number of carbonyl (C=O) groups is 1. The number of methoxy groups -OCH3 is 2. The van der Waals surface area contributed by atoms with Crippen LogP contribution in [0.4, 0.5) is 0 Å². The van der Waals surface area contributed by atoms with E-state index < -0.39 is 0 Å². The number of carbonyl (C=O) groups excluding carboxylic acids is 1. The zero-order valence-electron chi connectivity index (χ0n) is 17.6. The Balaban J connectivity index is 1.60. The van der Waals surface area contributed by atoms with E-state index in [2.05, 4.69) is 28.4 Å². The summed E-state index contributed by atoms with van der Waals surface area (Å²) in [5.74, 6) is 1.38. The Kier molecular flexibility index (Phi) is 6.23. The maximum atomic E-state index is 12.8. The predicted molar refractivity (Wildman–Crippen MR) is 126 cm³/mol. The van der Waals surface area contributed by atoms with E-state index in [1.54, 1.807) is 31.4 Å². The predicted octanol–water partition coefficient (Wildman–Crippen LogP) is 4.71. The van der Waals surface area contributed by atoms with Gasteiger partial charge in [-0.3, -0.25) is 9.69 Å². The highest BCUT2D eigenvalue weighted by atomic mass is 32.2. The first kappa shape index (κ1) is 20.9. The molecule has 3 aromatic rings. The molecule has 0 N–H and O–H groups in total. The van der Waals surface area contributed by atoms with Gasteiger partial charge in [0.2, 0.25) is 5.91 Å². The van der Waals surface area contributed by atoms with E-state index in [1.165, 1.54) is 11.8 Å². The molecule has 4 rings (SSSR count). The summed E-state index contributed by atoms with van der Waals surface area (Å²) in [6, 6.07) is 19.8. The molecule has 1 atom stereocenters. The van der Waals surface area contributed by atoms with Crippen LogP contribution < -0.4 is 9.47 Å². The maximum Gasteiger partial charge on any atom is 0.242 e. The van der Waals surface area contributed by atoms with E-state index in [0.717, 1.165) is 21.9 Å². The molecule has 1 fully saturated rings. The van der Waals surface area contributed by atoms with Crippen molar-refractivity contribution in [3.05, 3.63) is 71.8 Å². The van der Waals surface area contributed by atoms with Gasteiger partial charge in [0, 0.05) is 11.6 Å². The lowest BCUT2D eigenvalue weighted by atomic mass is 10.0. The number of hydrogen-bond donors (Lipinski definition) is 0. The lowest BCUT2D eigenvalue weighted by Gasteiger charge is -2.17. The molecule has 31 heavy (non-hydrogen) atoms. The van der Waals surface area contributed by atoms with E-state index in [1.807, 2.05) is 43.3 Å². The number of amides is 1. The monoisotopic (exact) mass is 433 g/mol. The number of hydrogen-bond acceptors (Lipinski definition) is 6. The van der Waals surface area contributed by atoms with Crippen LogP contribution in [0.3, 0.4) is 0 Å². The van der Waals surface area contributed by atoms with Gasteiger partial charge in [-0.15, -0.1) is 5.10 Å². The largest absolute Gasteiger partial charge is 0.497 e. The molecule has 158 valence electrons. The Morgan fingerprint density at radius 3 is 2.68 bits per heavy atom. The fraction of sp³-hybridized carbons (Fsp3) is 0.208. The third-order valence-corrected chi connectivity index (χ3v) is 6.18. The molecule has 0 spiro atoms. The van der Waals surface area contributed by atoms with Gasteiger partial charge < -0.3 is 9.47 Å². The molecule has 1 heterocycles. The van der Waals surface area contributed by atoms with Crippen molar-refractivity contribution >= 4 is 39.8 Å². The standard InChI is InChI=1S/C24H23N3O3S/c1-16-23(28)27(15-19-9-6-8-17-7-4-5-10-21(17)19)24(31-16)26-25-14-18-11-12-20(29-2)13-22(18)30-3/h4-14,16H,15H2,1-3H3/b25-14+,26-24+. The Morgan fingerprint density at radius 2 is 1.87 bits per heavy atom. The van der Waals surface area contributed by atoms with Crippen molar-refractivity contribution in [1.82, 2.24) is 4.90 Å². The number of benzene rings is 3. The molecule has 3 aromatic carbocycles. The van der Waals surface area contributed by atoms with Gasteiger partial charge in [-0.1, -0.05) is 54.2 Å². The minimum absolute atomic E-state index is 0.0360. The average Bonchev–Trinajstić information content (AvgIpc) is 3.07. The molecule has 1 aliphatic heterocycles. The van der Waals surface area contributed by atoms with E-state index in [4.69, 9.17) is 9.47 Å². The summed E-state index contributed by atoms with van der Waals surface area (Å²) in [5.41, 5.74) is 1.85. The topological polar surface area (TPSA) is 63.5 Å². The Labute approximate surface area is 185 Å². The molecule has 0 saturated carbocycles. The van der Waals surface area contributed by atoms with Crippen LogP contribution in [-0.2, 0) is 11.3 Å². The van der Waals surface area contributed by atoms with Crippen LogP contribution in [0.15, 0.2) is 70.9 Å². The average molecular weight is 434 g/mol. The molecule has 6 nitrogen and oxygen atoms in total. The highest BCUT2D eigenvalue weighted by molar-refractivity contribution is 8.15. The van der Waals surface area contributed by atoms with Gasteiger partial charge in [0.1, 0.15) is 11.5 Å². The summed E-state index contributed by atoms with van der Waals surface area (Å²) < 4.78 is 10.6. The fourth-order valence-corrected chi connectivity index (χ4v) is 4.40. The molecule has 0 bridgehead atoms. The van der Waals surface area contributed by atoms with Crippen molar-refractivity contribution in [3.63, 3.8) is 0 Å². The highest BCUT2D eigenvalue weighted by Gasteiger charge is 2.35. The fourth-order valence-electron chi connectivity index (χ4n) is 3.48. The molecule has 0 aliphatic carbocycles. The first-order valence-electron chi connectivity index (χ1n) is 9.88. The van der Waals surface area contributed by atoms with Crippen LogP contribution in [-0.4, -0.2) is 41.7 Å². The highest BCUT2D eigenvalue weighted by Crippen LogP contribution is 2.30. The summed E-state index contributed by atoms with van der Waals surface area (Å²) in [4.78, 5) is 14.5. The van der Waals surface area contributed by atoms with Crippen molar-refractivity contribution < 1.29 is 14.3 Å². The quantitative estimate of drug-likeness (QED) is 0.417. The second kappa shape index (κ2) is 9.22. The van der Waals surface area contributed by atoms with Crippen molar-refractivity contribution in [2.45, 2.75) is 18.7 Å². The number of fused-ring (bicyclic) bond motifs is 1. The van der Waals surface area contributed by atoms with Crippen molar-refractivity contribution in [2.75, 3.05) is 14.2 Å². The first-order chi connectivity index (χ1) is 15.1. The van der Waals surface area contributed by atoms with Crippen LogP contribution in [0.25, 0.3) is 10.8 Å². The van der Waals surface area contributed by atoms with Gasteiger partial charge in [-0.05, 0) is 35.4 Å². The number of thioether (sulfide) groups is 1. The molecule has 0 radical (unpaired) electrons. The van der Waals surface area contributed by atoms with Gasteiger partial charge in [0.25, 0.3) is 0 Å². The smallest absolute Gasteiger partial charge is 0.242 e. The minimum atomic E-state index is -0.195. The van der Waals surface area contributed by atoms with Gasteiger partial charge in [-0.2, -0.15) is 5.10 Å². The lowest BCUT2D eigenvalue weighted by molar-refractivity contribution is -0.126. The van der Waals surface area contributed by atoms with Crippen LogP contribution in [0.2, 0.25) is 0 Å². The molecule has 1 saturated heterocycles. The zero-order chi connectivity index (χ0) is 21.8. The number of ether oxygens (including phenoxy) is 2. The van der Waals surface area contributed by atoms with E-state index in [-0.39, 0.29) is 11.2 Å². The molecule has 0 aromatic heterocycles. The Morgan fingerprint density at radius 1 is 1.06 bits per heavy atom. The second-order valence-corrected chi connectivity index (χ2v) is 8.37. The number of rotatable bonds is 6. The van der Waals surface area contributed by atoms with Crippen molar-refractivity contribution in [1.29, 1.82) is 0 Å². The van der Waals surface area contributed by atoms with Gasteiger partial charge >= 0.3 is 0 Å². The second-order valence-electron chi connectivity index (χ2n) is 7.06. The molecule has 1 aliphatic rings. The van der Waals surface area contributed by atoms with Gasteiger partial charge in [-0.25, -0.2) is 0 Å². The SMILES string of the molecule is COc1ccc(/C=N/N=C2/SC(C)C(=O)N2Cc2cccc3ccccc23)c(OC)c1. The van der Waals surface area contributed by atoms with Crippen molar-refractivity contribution in [3.8, 4) is 11.5 Å². The molecule has 1 amide bonds. The van der Waals surface area contributed by atoms with Crippen molar-refractivity contribution in [2.24, 2.45) is 10.2 Å². The third-order valence-electron chi connectivity index (χ3n) is 5.12. The van der Waals surface area contributed by atoms with E-state index >= 15 is 0 Å². The van der Waals surface area contributed by atoms with Crippen LogP contribution >= 0.6 is 11.8 Å². The minimum Gasteiger partial charge on any atom is -0.497 e. The summed E-state index contributed by atoms with van der Waals surface area (Å²) >= 11 is 1.42. The summed E-state index contributed by atoms with van der Waals surface area (Å²) in [6.45, 7) is 2.35. The summed E-state index contributed by atoms with van der Waals surface area (Å²) in [6.07, 6.45) is 1.62. The lowest BCUT2D eigenvalue weighted by Crippen LogP contribution is -2.30. The zero-order valence-corrected chi connectivity index (χ0v) is 18.4. The van der Waals surface area contributed by atoms with E-state index in [9.17, 15) is 4.79 Å². The number of amidine groups is 1. The van der Waals surface area contributed by atoms with E-state index in [0.29, 0.717) is 23.2 Å². The first-order valence-corrected chi connectivity index (χ1v) is 10.8. The maximum absolute atomic E-state index is 12.8. The van der Waals surface area contributed by atoms with Crippen LogP contribution in [0, 0.1) is 0 Å². The summed E-state index contributed by atoms with van der Waals surface area (Å²) in [7, 11) is 3.20. The Bertz CT molecular complexity index is 1170.